The first-order valence-electron chi connectivity index (χ1n) is 18.2. The van der Waals surface area contributed by atoms with Crippen LogP contribution in [-0.4, -0.2) is 95.9 Å². The summed E-state index contributed by atoms with van der Waals surface area (Å²) in [5.74, 6) is -2.06. The van der Waals surface area contributed by atoms with Crippen molar-refractivity contribution in [2.45, 2.75) is 117 Å². The van der Waals surface area contributed by atoms with Gasteiger partial charge in [-0.2, -0.15) is 0 Å². The fourth-order valence-electron chi connectivity index (χ4n) is 6.62. The van der Waals surface area contributed by atoms with Gasteiger partial charge in [0.1, 0.15) is 16.7 Å². The Bertz CT molecular complexity index is 1450. The Balaban J connectivity index is 1.77. The molecule has 3 amide bonds. The Morgan fingerprint density at radius 2 is 1.75 bits per heavy atom. The summed E-state index contributed by atoms with van der Waals surface area (Å²) >= 11 is 1.21. The van der Waals surface area contributed by atoms with Crippen LogP contribution in [0.4, 0.5) is 0 Å². The van der Waals surface area contributed by atoms with Crippen LogP contribution in [0.1, 0.15) is 107 Å². The van der Waals surface area contributed by atoms with E-state index in [9.17, 15) is 24.0 Å². The van der Waals surface area contributed by atoms with Crippen LogP contribution < -0.4 is 10.6 Å². The second-order valence-corrected chi connectivity index (χ2v) is 14.8. The van der Waals surface area contributed by atoms with Crippen molar-refractivity contribution in [1.29, 1.82) is 0 Å². The molecule has 2 N–H and O–H groups in total. The molecule has 1 aliphatic heterocycles. The molecule has 0 spiro atoms. The Hall–Kier alpha value is -3.84. The molecule has 2 aromatic rings. The molecular formula is C38H57N5O7S. The number of thiazole rings is 1. The number of nitrogens with zero attached hydrogens (tertiary/aromatic N) is 3. The Morgan fingerprint density at radius 3 is 2.35 bits per heavy atom. The third kappa shape index (κ3) is 12.4. The number of rotatable bonds is 18. The molecule has 0 saturated carbocycles. The number of likely N-dealkylation sites (tertiary alicyclic amines) is 1. The monoisotopic (exact) mass is 727 g/mol. The molecule has 0 aliphatic carbocycles. The molecule has 0 bridgehead atoms. The molecule has 0 radical (unpaired) electrons. The van der Waals surface area contributed by atoms with Crippen LogP contribution >= 0.6 is 11.3 Å². The third-order valence-electron chi connectivity index (χ3n) is 9.49. The zero-order valence-electron chi connectivity index (χ0n) is 31.5. The zero-order valence-corrected chi connectivity index (χ0v) is 32.3. The van der Waals surface area contributed by atoms with Gasteiger partial charge in [0.2, 0.25) is 11.8 Å². The molecule has 1 saturated heterocycles. The average molecular weight is 728 g/mol. The van der Waals surface area contributed by atoms with Crippen molar-refractivity contribution in [1.82, 2.24) is 25.4 Å². The normalized spacial score (nSPS) is 17.8. The van der Waals surface area contributed by atoms with Gasteiger partial charge in [-0.1, -0.05) is 64.4 Å². The van der Waals surface area contributed by atoms with Crippen molar-refractivity contribution in [3.05, 3.63) is 52.0 Å². The fourth-order valence-corrected chi connectivity index (χ4v) is 7.46. The van der Waals surface area contributed by atoms with Crippen LogP contribution in [0, 0.1) is 11.8 Å². The number of ether oxygens (including phenoxy) is 2. The van der Waals surface area contributed by atoms with E-state index in [0.29, 0.717) is 24.3 Å². The minimum atomic E-state index is -0.814. The largest absolute Gasteiger partial charge is 0.466 e. The highest BCUT2D eigenvalue weighted by Crippen LogP contribution is 2.31. The van der Waals surface area contributed by atoms with E-state index in [1.54, 1.807) is 31.2 Å². The number of hydrogen-bond donors (Lipinski definition) is 2. The van der Waals surface area contributed by atoms with Crippen molar-refractivity contribution in [3.63, 3.8) is 0 Å². The van der Waals surface area contributed by atoms with Crippen LogP contribution in [0.15, 0.2) is 35.7 Å². The van der Waals surface area contributed by atoms with Crippen molar-refractivity contribution >= 4 is 41.0 Å². The second-order valence-electron chi connectivity index (χ2n) is 13.9. The molecule has 2 heterocycles. The summed E-state index contributed by atoms with van der Waals surface area (Å²) in [7, 11) is 3.65. The van der Waals surface area contributed by atoms with Gasteiger partial charge in [-0.25, -0.2) is 4.98 Å². The molecule has 6 atom stereocenters. The number of piperidine rings is 1. The summed E-state index contributed by atoms with van der Waals surface area (Å²) in [4.78, 5) is 73.6. The number of carbonyl (C=O) groups is 5. The van der Waals surface area contributed by atoms with E-state index in [1.165, 1.54) is 18.3 Å². The van der Waals surface area contributed by atoms with Gasteiger partial charge in [-0.15, -0.1) is 11.3 Å². The summed E-state index contributed by atoms with van der Waals surface area (Å²) in [6.45, 7) is 11.8. The summed E-state index contributed by atoms with van der Waals surface area (Å²) < 4.78 is 11.0. The van der Waals surface area contributed by atoms with Gasteiger partial charge in [0, 0.05) is 37.9 Å². The minimum absolute atomic E-state index is 0.0300. The van der Waals surface area contributed by atoms with Crippen LogP contribution in [0.25, 0.3) is 0 Å². The van der Waals surface area contributed by atoms with E-state index in [0.717, 1.165) is 31.4 Å². The number of nitrogens with one attached hydrogen (secondary N) is 2. The Kier molecular flexibility index (Phi) is 16.5. The predicted octanol–water partition coefficient (Wildman–Crippen LogP) is 4.93. The molecule has 1 aromatic carbocycles. The lowest BCUT2D eigenvalue weighted by Gasteiger charge is -2.36. The topological polar surface area (TPSA) is 147 Å². The Morgan fingerprint density at radius 1 is 1.04 bits per heavy atom. The smallest absolute Gasteiger partial charge is 0.308 e. The minimum Gasteiger partial charge on any atom is -0.466 e. The van der Waals surface area contributed by atoms with Crippen LogP contribution in [-0.2, 0) is 35.1 Å². The number of carbonyl (C=O) groups excluding carboxylic acids is 5. The van der Waals surface area contributed by atoms with Crippen molar-refractivity contribution in [2.24, 2.45) is 11.8 Å². The number of benzene rings is 1. The van der Waals surface area contributed by atoms with Gasteiger partial charge in [-0.05, 0) is 64.1 Å². The van der Waals surface area contributed by atoms with Crippen LogP contribution in [0.5, 0.6) is 0 Å². The summed E-state index contributed by atoms with van der Waals surface area (Å²) in [6, 6.07) is 8.01. The highest BCUT2D eigenvalue weighted by Gasteiger charge is 2.35. The molecule has 282 valence electrons. The van der Waals surface area contributed by atoms with Gasteiger partial charge in [-0.3, -0.25) is 28.9 Å². The van der Waals surface area contributed by atoms with E-state index in [4.69, 9.17) is 9.47 Å². The van der Waals surface area contributed by atoms with Crippen LogP contribution in [0.2, 0.25) is 0 Å². The zero-order chi connectivity index (χ0) is 37.7. The fraction of sp³-hybridized carbons (Fsp3) is 0.632. The highest BCUT2D eigenvalue weighted by molar-refractivity contribution is 7.09. The van der Waals surface area contributed by atoms with Crippen molar-refractivity contribution in [2.75, 3.05) is 27.2 Å². The van der Waals surface area contributed by atoms with Crippen LogP contribution in [0.3, 0.4) is 0 Å². The summed E-state index contributed by atoms with van der Waals surface area (Å²) in [5.41, 5.74) is 1.18. The lowest BCUT2D eigenvalue weighted by atomic mass is 9.95. The van der Waals surface area contributed by atoms with E-state index < -0.39 is 29.9 Å². The first-order chi connectivity index (χ1) is 24.2. The molecule has 51 heavy (non-hydrogen) atoms. The molecule has 12 nitrogen and oxygen atoms in total. The number of likely N-dealkylation sites (N-methyl/N-ethyl adjacent to an activating group) is 2. The predicted molar refractivity (Wildman–Crippen MR) is 197 cm³/mol. The molecular weight excluding hydrogens is 671 g/mol. The standard InChI is InChI=1S/C38H57N5O7S/c1-9-29(40-35(46)31-18-14-15-19-42(31)7)37(47)43(8)32(24(3)4)22-33(50-26(6)44)36-41-30(23-51-36)34(45)39-28(20-25(5)38(48)49-10-2)21-27-16-12-11-13-17-27/h11-13,16-17,23-25,28-29,31-33H,9-10,14-15,18-22H2,1-8H3,(H,39,45)(H,40,46)/t25-,28+,29-,31+,32+,33+/m0/s1. The maximum atomic E-state index is 13.8. The lowest BCUT2D eigenvalue weighted by Crippen LogP contribution is -2.55. The molecule has 3 rings (SSSR count). The van der Waals surface area contributed by atoms with Gasteiger partial charge >= 0.3 is 11.9 Å². The number of amides is 3. The average Bonchev–Trinajstić information content (AvgIpc) is 3.59. The first-order valence-corrected chi connectivity index (χ1v) is 19.0. The maximum Gasteiger partial charge on any atom is 0.308 e. The highest BCUT2D eigenvalue weighted by atomic mass is 32.1. The lowest BCUT2D eigenvalue weighted by molar-refractivity contribution is -0.149. The van der Waals surface area contributed by atoms with Gasteiger partial charge < -0.3 is 25.0 Å². The molecule has 1 fully saturated rings. The third-order valence-corrected chi connectivity index (χ3v) is 10.4. The quantitative estimate of drug-likeness (QED) is 0.204. The Labute approximate surface area is 307 Å². The van der Waals surface area contributed by atoms with E-state index in [1.807, 2.05) is 63.1 Å². The van der Waals surface area contributed by atoms with Gasteiger partial charge in [0.25, 0.3) is 5.91 Å². The SMILES string of the molecule is CCOC(=O)[C@@H](C)C[C@H](Cc1ccccc1)NC(=O)c1csc([C@@H](C[C@H](C(C)C)N(C)C(=O)[C@H](CC)NC(=O)[C@H]2CCCCN2C)OC(C)=O)n1. The van der Waals surface area contributed by atoms with E-state index >= 15 is 0 Å². The molecule has 1 aromatic heterocycles. The summed E-state index contributed by atoms with van der Waals surface area (Å²) in [6.07, 6.45) is 3.53. The van der Waals surface area contributed by atoms with E-state index in [2.05, 4.69) is 15.6 Å². The van der Waals surface area contributed by atoms with Gasteiger partial charge in [0.15, 0.2) is 6.10 Å². The molecule has 1 aliphatic rings. The second kappa shape index (κ2) is 20.3. The first kappa shape index (κ1) is 41.6. The number of aromatic nitrogens is 1. The number of esters is 2. The molecule has 0 unspecified atom stereocenters. The maximum absolute atomic E-state index is 13.8. The van der Waals surface area contributed by atoms with E-state index in [-0.39, 0.29) is 60.5 Å². The molecule has 13 heteroatoms. The number of hydrogen-bond acceptors (Lipinski definition) is 10. The van der Waals surface area contributed by atoms with Crippen molar-refractivity contribution in [3.8, 4) is 0 Å². The summed E-state index contributed by atoms with van der Waals surface area (Å²) in [5, 5.41) is 8.10. The van der Waals surface area contributed by atoms with Crippen molar-refractivity contribution < 1.29 is 33.4 Å². The van der Waals surface area contributed by atoms with Gasteiger partial charge in [0.05, 0.1) is 18.6 Å².